The van der Waals surface area contributed by atoms with Gasteiger partial charge in [0.25, 0.3) is 12.3 Å². The van der Waals surface area contributed by atoms with Crippen LogP contribution in [0.25, 0.3) is 16.9 Å². The molecule has 2 aromatic carbocycles. The Morgan fingerprint density at radius 1 is 1.09 bits per heavy atom. The van der Waals surface area contributed by atoms with E-state index in [0.717, 1.165) is 10.1 Å². The second-order valence-electron chi connectivity index (χ2n) is 6.88. The zero-order valence-corrected chi connectivity index (χ0v) is 17.4. The Labute approximate surface area is 182 Å². The lowest BCUT2D eigenvalue weighted by Crippen LogP contribution is -2.23. The minimum Gasteiger partial charge on any atom is -0.497 e. The van der Waals surface area contributed by atoms with Crippen LogP contribution in [0.1, 0.15) is 28.0 Å². The van der Waals surface area contributed by atoms with Crippen molar-refractivity contribution in [2.75, 3.05) is 14.2 Å². The number of carbonyl (C=O) groups excluding carboxylic acids is 1. The van der Waals surface area contributed by atoms with Gasteiger partial charge in [0, 0.05) is 17.7 Å². The number of aromatic nitrogens is 3. The topological polar surface area (TPSA) is 77.8 Å². The molecular weight excluding hydrogens is 418 g/mol. The van der Waals surface area contributed by atoms with Crippen LogP contribution in [0.15, 0.2) is 60.8 Å². The number of nitrogens with zero attached hydrogens (tertiary/aromatic N) is 3. The fourth-order valence-electron chi connectivity index (χ4n) is 3.33. The average molecular weight is 438 g/mol. The molecular formula is C23H20F2N4O3. The molecule has 0 aliphatic rings. The van der Waals surface area contributed by atoms with E-state index in [4.69, 9.17) is 9.47 Å². The second-order valence-corrected chi connectivity index (χ2v) is 6.88. The summed E-state index contributed by atoms with van der Waals surface area (Å²) in [6, 6.07) is 15.4. The molecule has 0 saturated carbocycles. The molecule has 32 heavy (non-hydrogen) atoms. The van der Waals surface area contributed by atoms with Gasteiger partial charge in [-0.3, -0.25) is 4.79 Å². The van der Waals surface area contributed by atoms with Crippen LogP contribution >= 0.6 is 0 Å². The number of benzene rings is 2. The molecule has 164 valence electrons. The molecule has 1 amide bonds. The summed E-state index contributed by atoms with van der Waals surface area (Å²) in [6.07, 6.45) is -1.56. The molecule has 0 spiro atoms. The first-order valence-corrected chi connectivity index (χ1v) is 9.73. The average Bonchev–Trinajstić information content (AvgIpc) is 3.26. The quantitative estimate of drug-likeness (QED) is 0.466. The summed E-state index contributed by atoms with van der Waals surface area (Å²) in [4.78, 5) is 17.3. The van der Waals surface area contributed by atoms with Crippen molar-refractivity contribution < 1.29 is 23.0 Å². The van der Waals surface area contributed by atoms with E-state index >= 15 is 0 Å². The summed E-state index contributed by atoms with van der Waals surface area (Å²) >= 11 is 0. The predicted octanol–water partition coefficient (Wildman–Crippen LogP) is 4.28. The fourth-order valence-corrected chi connectivity index (χ4v) is 3.33. The Hall–Kier alpha value is -4.01. The van der Waals surface area contributed by atoms with Gasteiger partial charge in [-0.15, -0.1) is 0 Å². The molecule has 4 rings (SSSR count). The molecule has 0 bridgehead atoms. The summed E-state index contributed by atoms with van der Waals surface area (Å²) in [7, 11) is 3.08. The van der Waals surface area contributed by atoms with E-state index in [-0.39, 0.29) is 23.4 Å². The van der Waals surface area contributed by atoms with Gasteiger partial charge in [0.2, 0.25) is 0 Å². The Balaban J connectivity index is 1.70. The predicted molar refractivity (Wildman–Crippen MR) is 114 cm³/mol. The van der Waals surface area contributed by atoms with Gasteiger partial charge in [0.15, 0.2) is 5.65 Å². The summed E-state index contributed by atoms with van der Waals surface area (Å²) in [5.74, 6) is 0.780. The number of rotatable bonds is 7. The Morgan fingerprint density at radius 2 is 1.84 bits per heavy atom. The van der Waals surface area contributed by atoms with E-state index in [1.54, 1.807) is 37.4 Å². The number of methoxy groups -OCH3 is 2. The van der Waals surface area contributed by atoms with E-state index < -0.39 is 12.3 Å². The molecule has 0 saturated heterocycles. The number of hydrogen-bond acceptors (Lipinski definition) is 5. The zero-order chi connectivity index (χ0) is 22.7. The van der Waals surface area contributed by atoms with Crippen molar-refractivity contribution in [1.82, 2.24) is 19.9 Å². The Bertz CT molecular complexity index is 1260. The maximum absolute atomic E-state index is 13.8. The van der Waals surface area contributed by atoms with Gasteiger partial charge in [0.1, 0.15) is 22.8 Å². The van der Waals surface area contributed by atoms with Gasteiger partial charge >= 0.3 is 0 Å². The summed E-state index contributed by atoms with van der Waals surface area (Å²) < 4.78 is 38.9. The fraction of sp³-hybridized carbons (Fsp3) is 0.174. The number of halogens is 2. The van der Waals surface area contributed by atoms with Crippen molar-refractivity contribution in [3.63, 3.8) is 0 Å². The number of alkyl halides is 2. The number of carbonyl (C=O) groups is 1. The molecule has 9 heteroatoms. The van der Waals surface area contributed by atoms with Gasteiger partial charge in [-0.05, 0) is 36.4 Å². The third-order valence-corrected chi connectivity index (χ3v) is 4.99. The first-order valence-electron chi connectivity index (χ1n) is 9.73. The first-order chi connectivity index (χ1) is 15.5. The first kappa shape index (κ1) is 21.2. The third kappa shape index (κ3) is 4.09. The molecule has 0 aliphatic heterocycles. The minimum atomic E-state index is -2.80. The standard InChI is InChI=1S/C23H20F2N4O3/c1-31-16-9-7-14(8-10-16)18-11-19(21(24)25)29-22(28-18)17(13-27-29)23(30)26-12-15-5-3-4-6-20(15)32-2/h3-11,13,21H,12H2,1-2H3,(H,26,30). The van der Waals surface area contributed by atoms with E-state index in [2.05, 4.69) is 15.4 Å². The number of amides is 1. The zero-order valence-electron chi connectivity index (χ0n) is 17.4. The smallest absolute Gasteiger partial charge is 0.280 e. The van der Waals surface area contributed by atoms with Crippen LogP contribution in [0.4, 0.5) is 8.78 Å². The normalized spacial score (nSPS) is 11.0. The van der Waals surface area contributed by atoms with Crippen LogP contribution in [0.2, 0.25) is 0 Å². The van der Waals surface area contributed by atoms with Gasteiger partial charge in [0.05, 0.1) is 26.1 Å². The van der Waals surface area contributed by atoms with E-state index in [1.807, 2.05) is 18.2 Å². The van der Waals surface area contributed by atoms with Crippen molar-refractivity contribution in [3.05, 3.63) is 77.6 Å². The molecule has 0 radical (unpaired) electrons. The third-order valence-electron chi connectivity index (χ3n) is 4.99. The van der Waals surface area contributed by atoms with Crippen molar-refractivity contribution in [2.45, 2.75) is 13.0 Å². The highest BCUT2D eigenvalue weighted by molar-refractivity contribution is 5.99. The summed E-state index contributed by atoms with van der Waals surface area (Å²) in [6.45, 7) is 0.195. The van der Waals surface area contributed by atoms with Crippen LogP contribution in [0.3, 0.4) is 0 Å². The van der Waals surface area contributed by atoms with Gasteiger partial charge in [-0.2, -0.15) is 5.10 Å². The lowest BCUT2D eigenvalue weighted by Gasteiger charge is -2.10. The van der Waals surface area contributed by atoms with Crippen LogP contribution in [-0.4, -0.2) is 34.7 Å². The molecule has 4 aromatic rings. The van der Waals surface area contributed by atoms with Gasteiger partial charge in [-0.25, -0.2) is 18.3 Å². The molecule has 0 aliphatic carbocycles. The van der Waals surface area contributed by atoms with Crippen LogP contribution in [0, 0.1) is 0 Å². The van der Waals surface area contributed by atoms with Gasteiger partial charge < -0.3 is 14.8 Å². The van der Waals surface area contributed by atoms with Crippen LogP contribution < -0.4 is 14.8 Å². The van der Waals surface area contributed by atoms with Crippen LogP contribution in [-0.2, 0) is 6.54 Å². The minimum absolute atomic E-state index is 0.0474. The lowest BCUT2D eigenvalue weighted by atomic mass is 10.1. The van der Waals surface area contributed by atoms with Crippen molar-refractivity contribution in [2.24, 2.45) is 0 Å². The van der Waals surface area contributed by atoms with Crippen molar-refractivity contribution >= 4 is 11.6 Å². The SMILES string of the molecule is COc1ccc(-c2cc(C(F)F)n3ncc(C(=O)NCc4ccccc4OC)c3n2)cc1. The van der Waals surface area contributed by atoms with E-state index in [0.29, 0.717) is 22.8 Å². The number of fused-ring (bicyclic) bond motifs is 1. The molecule has 2 aromatic heterocycles. The van der Waals surface area contributed by atoms with Crippen LogP contribution in [0.5, 0.6) is 11.5 Å². The number of para-hydroxylation sites is 1. The Kier molecular flexibility index (Phi) is 5.98. The highest BCUT2D eigenvalue weighted by atomic mass is 19.3. The number of ether oxygens (including phenoxy) is 2. The molecule has 0 unspecified atom stereocenters. The summed E-state index contributed by atoms with van der Waals surface area (Å²) in [5, 5.41) is 6.76. The maximum Gasteiger partial charge on any atom is 0.280 e. The summed E-state index contributed by atoms with van der Waals surface area (Å²) in [5.41, 5.74) is 1.47. The molecule has 2 heterocycles. The highest BCUT2D eigenvalue weighted by Crippen LogP contribution is 2.28. The highest BCUT2D eigenvalue weighted by Gasteiger charge is 2.21. The monoisotopic (exact) mass is 438 g/mol. The maximum atomic E-state index is 13.8. The largest absolute Gasteiger partial charge is 0.497 e. The van der Waals surface area contributed by atoms with E-state index in [9.17, 15) is 13.6 Å². The van der Waals surface area contributed by atoms with E-state index in [1.165, 1.54) is 19.4 Å². The number of hydrogen-bond donors (Lipinski definition) is 1. The molecule has 0 fully saturated rings. The number of nitrogens with one attached hydrogen (secondary N) is 1. The molecule has 1 N–H and O–H groups in total. The second kappa shape index (κ2) is 9.01. The Morgan fingerprint density at radius 3 is 2.53 bits per heavy atom. The van der Waals surface area contributed by atoms with Crippen molar-refractivity contribution in [1.29, 1.82) is 0 Å². The van der Waals surface area contributed by atoms with Gasteiger partial charge in [-0.1, -0.05) is 18.2 Å². The van der Waals surface area contributed by atoms with Crippen molar-refractivity contribution in [3.8, 4) is 22.8 Å². The lowest BCUT2D eigenvalue weighted by molar-refractivity contribution is 0.0952. The molecule has 0 atom stereocenters. The molecule has 7 nitrogen and oxygen atoms in total.